The van der Waals surface area contributed by atoms with Crippen LogP contribution in [-0.2, 0) is 4.74 Å². The van der Waals surface area contributed by atoms with Gasteiger partial charge in [0, 0.05) is 17.3 Å². The molecule has 4 atom stereocenters. The van der Waals surface area contributed by atoms with E-state index in [1.807, 2.05) is 0 Å². The van der Waals surface area contributed by atoms with Crippen LogP contribution in [-0.4, -0.2) is 32.8 Å². The van der Waals surface area contributed by atoms with Gasteiger partial charge in [0.25, 0.3) is 0 Å². The normalized spacial score (nSPS) is 36.9. The lowest BCUT2D eigenvalue weighted by Gasteiger charge is -2.52. The average molecular weight is 292 g/mol. The molecule has 2 aliphatic carbocycles. The van der Waals surface area contributed by atoms with Gasteiger partial charge >= 0.3 is 0 Å². The van der Waals surface area contributed by atoms with Crippen LogP contribution in [0.25, 0.3) is 0 Å². The highest BCUT2D eigenvalue weighted by atomic mass is 16.5. The fourth-order valence-corrected chi connectivity index (χ4v) is 5.34. The minimum Gasteiger partial charge on any atom is -0.373 e. The van der Waals surface area contributed by atoms with Gasteiger partial charge in [0.05, 0.1) is 32.8 Å². The quantitative estimate of drug-likeness (QED) is 0.790. The summed E-state index contributed by atoms with van der Waals surface area (Å²) in [4.78, 5) is 1.54. The van der Waals surface area contributed by atoms with E-state index >= 15 is 0 Å². The molecular formula is C19H34NO+. The Kier molecular flexibility index (Phi) is 4.47. The Morgan fingerprint density at radius 1 is 1.10 bits per heavy atom. The van der Waals surface area contributed by atoms with Crippen molar-refractivity contribution in [2.24, 2.45) is 17.3 Å². The Morgan fingerprint density at radius 2 is 1.81 bits per heavy atom. The summed E-state index contributed by atoms with van der Waals surface area (Å²) < 4.78 is 6.77. The molecule has 21 heavy (non-hydrogen) atoms. The number of fused-ring (bicyclic) bond motifs is 3. The molecule has 0 aromatic carbocycles. The van der Waals surface area contributed by atoms with E-state index in [0.717, 1.165) is 5.92 Å². The first-order chi connectivity index (χ1) is 9.99. The number of ether oxygens (including phenoxy) is 1. The van der Waals surface area contributed by atoms with Gasteiger partial charge < -0.3 is 9.64 Å². The molecule has 0 radical (unpaired) electrons. The van der Waals surface area contributed by atoms with Crippen molar-refractivity contribution in [3.8, 4) is 0 Å². The highest BCUT2D eigenvalue weighted by Gasteiger charge is 2.49. The van der Waals surface area contributed by atoms with Gasteiger partial charge in [0.1, 0.15) is 0 Å². The molecule has 0 amide bonds. The Labute approximate surface area is 130 Å². The fourth-order valence-electron chi connectivity index (χ4n) is 5.34. The summed E-state index contributed by atoms with van der Waals surface area (Å²) in [5.74, 6) is 1.45. The maximum absolute atomic E-state index is 6.77. The molecule has 1 saturated heterocycles. The summed E-state index contributed by atoms with van der Waals surface area (Å²) in [7, 11) is 4.54. The van der Waals surface area contributed by atoms with Gasteiger partial charge in [0.15, 0.2) is 0 Å². The molecule has 0 spiro atoms. The molecule has 2 nitrogen and oxygen atoms in total. The van der Waals surface area contributed by atoms with Crippen LogP contribution in [0.1, 0.15) is 58.8 Å². The van der Waals surface area contributed by atoms with Gasteiger partial charge in [-0.05, 0) is 32.1 Å². The number of hydrogen-bond donors (Lipinski definition) is 1. The molecule has 2 fully saturated rings. The molecule has 0 aromatic rings. The van der Waals surface area contributed by atoms with Crippen molar-refractivity contribution >= 4 is 0 Å². The Balaban J connectivity index is 1.87. The van der Waals surface area contributed by atoms with E-state index in [0.29, 0.717) is 18.1 Å². The number of nitrogens with one attached hydrogen (secondary N) is 1. The molecule has 1 aliphatic heterocycles. The van der Waals surface area contributed by atoms with Crippen LogP contribution in [0.5, 0.6) is 0 Å². The molecule has 1 N–H and O–H groups in total. The zero-order valence-electron chi connectivity index (χ0n) is 14.5. The van der Waals surface area contributed by atoms with E-state index < -0.39 is 0 Å². The fraction of sp³-hybridized carbons (Fsp3) is 0.895. The standard InChI is InChI=1S/C19H33NO/c1-19(2,13-20(3)4)18-16-11-6-5-9-14(16)15-10-7-8-12-17(15)21-18/h9,15-18H,5-8,10-13H2,1-4H3/p+1/t15-,16-,17+,18-/m1/s1. The smallest absolute Gasteiger partial charge is 0.0843 e. The highest BCUT2D eigenvalue weighted by Crippen LogP contribution is 2.49. The largest absolute Gasteiger partial charge is 0.373 e. The van der Waals surface area contributed by atoms with Crippen LogP contribution in [0.15, 0.2) is 11.6 Å². The second kappa shape index (κ2) is 6.04. The van der Waals surface area contributed by atoms with Gasteiger partial charge in [-0.15, -0.1) is 0 Å². The van der Waals surface area contributed by atoms with Crippen molar-refractivity contribution in [2.45, 2.75) is 71.0 Å². The van der Waals surface area contributed by atoms with Crippen molar-refractivity contribution in [3.05, 3.63) is 11.6 Å². The third-order valence-electron chi connectivity index (χ3n) is 5.92. The predicted octanol–water partition coefficient (Wildman–Crippen LogP) is 2.84. The Bertz CT molecular complexity index is 398. The predicted molar refractivity (Wildman–Crippen MR) is 87.5 cm³/mol. The minimum absolute atomic E-state index is 0.266. The maximum atomic E-state index is 6.77. The lowest BCUT2D eigenvalue weighted by Crippen LogP contribution is -3.07. The van der Waals surface area contributed by atoms with E-state index in [-0.39, 0.29) is 5.41 Å². The minimum atomic E-state index is 0.266. The van der Waals surface area contributed by atoms with Crippen LogP contribution in [0.4, 0.5) is 0 Å². The van der Waals surface area contributed by atoms with Crippen molar-refractivity contribution in [1.29, 1.82) is 0 Å². The molecule has 3 aliphatic rings. The summed E-state index contributed by atoms with van der Waals surface area (Å²) in [5, 5.41) is 0. The van der Waals surface area contributed by atoms with Crippen molar-refractivity contribution < 1.29 is 9.64 Å². The monoisotopic (exact) mass is 292 g/mol. The molecule has 0 bridgehead atoms. The molecule has 0 unspecified atom stereocenters. The van der Waals surface area contributed by atoms with Gasteiger partial charge in [0.2, 0.25) is 0 Å². The summed E-state index contributed by atoms with van der Waals surface area (Å²) in [5.41, 5.74) is 2.06. The summed E-state index contributed by atoms with van der Waals surface area (Å²) in [6, 6.07) is 0. The van der Waals surface area contributed by atoms with Gasteiger partial charge in [-0.1, -0.05) is 38.3 Å². The van der Waals surface area contributed by atoms with Gasteiger partial charge in [-0.2, -0.15) is 0 Å². The van der Waals surface area contributed by atoms with Crippen LogP contribution >= 0.6 is 0 Å². The molecule has 2 heteroatoms. The SMILES string of the molecule is C[NH+](C)CC(C)(C)[C@@H]1O[C@H]2CCCC[C@@H]2C2=CCCC[C@H]21. The van der Waals surface area contributed by atoms with Crippen molar-refractivity contribution in [1.82, 2.24) is 0 Å². The first-order valence-corrected chi connectivity index (χ1v) is 9.13. The lowest BCUT2D eigenvalue weighted by atomic mass is 9.64. The van der Waals surface area contributed by atoms with E-state index in [9.17, 15) is 0 Å². The number of quaternary nitrogens is 1. The summed E-state index contributed by atoms with van der Waals surface area (Å²) in [6.45, 7) is 6.05. The third kappa shape index (κ3) is 3.07. The van der Waals surface area contributed by atoms with Crippen LogP contribution < -0.4 is 4.90 Å². The number of rotatable bonds is 3. The zero-order chi connectivity index (χ0) is 15.0. The van der Waals surface area contributed by atoms with Crippen LogP contribution in [0.2, 0.25) is 0 Å². The topological polar surface area (TPSA) is 13.7 Å². The first kappa shape index (κ1) is 15.6. The second-order valence-electron chi connectivity index (χ2n) is 8.60. The molecule has 1 heterocycles. The van der Waals surface area contributed by atoms with Gasteiger partial charge in [-0.3, -0.25) is 0 Å². The summed E-state index contributed by atoms with van der Waals surface area (Å²) >= 11 is 0. The lowest BCUT2D eigenvalue weighted by molar-refractivity contribution is -0.866. The average Bonchev–Trinajstić information content (AvgIpc) is 2.45. The molecule has 3 rings (SSSR count). The van der Waals surface area contributed by atoms with Crippen LogP contribution in [0, 0.1) is 17.3 Å². The molecule has 120 valence electrons. The zero-order valence-corrected chi connectivity index (χ0v) is 14.5. The van der Waals surface area contributed by atoms with Crippen molar-refractivity contribution in [2.75, 3.05) is 20.6 Å². The maximum Gasteiger partial charge on any atom is 0.0843 e. The second-order valence-corrected chi connectivity index (χ2v) is 8.60. The molecular weight excluding hydrogens is 258 g/mol. The Morgan fingerprint density at radius 3 is 2.57 bits per heavy atom. The highest BCUT2D eigenvalue weighted by molar-refractivity contribution is 5.21. The Hall–Kier alpha value is -0.340. The van der Waals surface area contributed by atoms with Crippen LogP contribution in [0.3, 0.4) is 0 Å². The summed E-state index contributed by atoms with van der Waals surface area (Å²) in [6.07, 6.45) is 13.0. The third-order valence-corrected chi connectivity index (χ3v) is 5.92. The first-order valence-electron chi connectivity index (χ1n) is 9.13. The van der Waals surface area contributed by atoms with E-state index in [1.54, 1.807) is 5.57 Å². The van der Waals surface area contributed by atoms with Gasteiger partial charge in [-0.25, -0.2) is 0 Å². The molecule has 1 saturated carbocycles. The van der Waals surface area contributed by atoms with E-state index in [2.05, 4.69) is 34.0 Å². The van der Waals surface area contributed by atoms with E-state index in [1.165, 1.54) is 56.4 Å². The van der Waals surface area contributed by atoms with Crippen molar-refractivity contribution in [3.63, 3.8) is 0 Å². The molecule has 0 aromatic heterocycles. The number of allylic oxidation sites excluding steroid dienone is 1. The van der Waals surface area contributed by atoms with E-state index in [4.69, 9.17) is 4.74 Å². The number of hydrogen-bond acceptors (Lipinski definition) is 1.